The van der Waals surface area contributed by atoms with E-state index in [1.54, 1.807) is 6.92 Å². The summed E-state index contributed by atoms with van der Waals surface area (Å²) in [6, 6.07) is 7.70. The highest BCUT2D eigenvalue weighted by Gasteiger charge is 2.53. The second kappa shape index (κ2) is 6.19. The Morgan fingerprint density at radius 3 is 2.32 bits per heavy atom. The SMILES string of the molecule is C[C@H](O)CN1CCN(C(=O)C2(c3ccc(Cl)cc3)CC2)CC1. The van der Waals surface area contributed by atoms with Crippen molar-refractivity contribution in [3.8, 4) is 0 Å². The van der Waals surface area contributed by atoms with Crippen molar-refractivity contribution in [2.24, 2.45) is 0 Å². The normalized spacial score (nSPS) is 22.4. The molecular weight excluding hydrogens is 300 g/mol. The predicted octanol–water partition coefficient (Wildman–Crippen LogP) is 1.90. The minimum atomic E-state index is -0.314. The van der Waals surface area contributed by atoms with Crippen LogP contribution in [0.25, 0.3) is 0 Å². The molecule has 0 bridgehead atoms. The number of aliphatic hydroxyl groups excluding tert-OH is 1. The molecule has 1 aromatic carbocycles. The van der Waals surface area contributed by atoms with Gasteiger partial charge in [0.25, 0.3) is 0 Å². The molecule has 1 amide bonds. The molecule has 0 radical (unpaired) electrons. The number of β-amino-alcohol motifs (C(OH)–C–C–N with tert-alkyl or cyclic N) is 1. The second-order valence-electron chi connectivity index (χ2n) is 6.53. The van der Waals surface area contributed by atoms with Crippen LogP contribution in [0.1, 0.15) is 25.3 Å². The number of benzene rings is 1. The molecule has 3 rings (SSSR count). The Labute approximate surface area is 136 Å². The molecule has 1 N–H and O–H groups in total. The van der Waals surface area contributed by atoms with E-state index in [0.29, 0.717) is 11.6 Å². The van der Waals surface area contributed by atoms with Gasteiger partial charge in [0.15, 0.2) is 0 Å². The summed E-state index contributed by atoms with van der Waals surface area (Å²) in [5.74, 6) is 0.256. The molecule has 1 atom stereocenters. The predicted molar refractivity (Wildman–Crippen MR) is 87.1 cm³/mol. The van der Waals surface area contributed by atoms with Crippen LogP contribution in [0.5, 0.6) is 0 Å². The third-order valence-corrected chi connectivity index (χ3v) is 4.99. The molecule has 22 heavy (non-hydrogen) atoms. The quantitative estimate of drug-likeness (QED) is 0.920. The molecule has 1 saturated carbocycles. The van der Waals surface area contributed by atoms with E-state index >= 15 is 0 Å². The maximum Gasteiger partial charge on any atom is 0.233 e. The van der Waals surface area contributed by atoms with Crippen molar-refractivity contribution >= 4 is 17.5 Å². The van der Waals surface area contributed by atoms with E-state index in [1.807, 2.05) is 29.2 Å². The van der Waals surface area contributed by atoms with Crippen LogP contribution < -0.4 is 0 Å². The van der Waals surface area contributed by atoms with E-state index in [9.17, 15) is 9.90 Å². The van der Waals surface area contributed by atoms with Gasteiger partial charge in [0.2, 0.25) is 5.91 Å². The molecule has 0 aromatic heterocycles. The molecule has 1 aliphatic carbocycles. The molecule has 5 heteroatoms. The molecule has 1 aliphatic heterocycles. The van der Waals surface area contributed by atoms with Crippen molar-refractivity contribution in [3.63, 3.8) is 0 Å². The molecule has 1 aromatic rings. The first kappa shape index (κ1) is 15.8. The standard InChI is InChI=1S/C17H23ClN2O2/c1-13(21)12-19-8-10-20(11-9-19)16(22)17(6-7-17)14-2-4-15(18)5-3-14/h2-5,13,21H,6-12H2,1H3/t13-/m0/s1. The Kier molecular flexibility index (Phi) is 4.44. The van der Waals surface area contributed by atoms with Gasteiger partial charge in [-0.1, -0.05) is 23.7 Å². The molecule has 4 nitrogen and oxygen atoms in total. The average molecular weight is 323 g/mol. The minimum Gasteiger partial charge on any atom is -0.392 e. The van der Waals surface area contributed by atoms with E-state index in [2.05, 4.69) is 4.90 Å². The summed E-state index contributed by atoms with van der Waals surface area (Å²) in [6.45, 7) is 5.67. The van der Waals surface area contributed by atoms with Gasteiger partial charge in [0, 0.05) is 37.7 Å². The van der Waals surface area contributed by atoms with Crippen molar-refractivity contribution < 1.29 is 9.90 Å². The zero-order valence-corrected chi connectivity index (χ0v) is 13.7. The Balaban J connectivity index is 1.64. The van der Waals surface area contributed by atoms with Gasteiger partial charge in [0.1, 0.15) is 0 Å². The van der Waals surface area contributed by atoms with Crippen LogP contribution in [0.3, 0.4) is 0 Å². The highest BCUT2D eigenvalue weighted by molar-refractivity contribution is 6.30. The smallest absolute Gasteiger partial charge is 0.233 e. The van der Waals surface area contributed by atoms with E-state index < -0.39 is 0 Å². The van der Waals surface area contributed by atoms with Crippen LogP contribution in [0, 0.1) is 0 Å². The van der Waals surface area contributed by atoms with Crippen molar-refractivity contribution in [1.29, 1.82) is 0 Å². The van der Waals surface area contributed by atoms with Crippen LogP contribution in [0.15, 0.2) is 24.3 Å². The highest BCUT2D eigenvalue weighted by atomic mass is 35.5. The summed E-state index contributed by atoms with van der Waals surface area (Å²) in [5.41, 5.74) is 0.783. The molecule has 0 unspecified atom stereocenters. The first-order valence-electron chi connectivity index (χ1n) is 7.97. The second-order valence-corrected chi connectivity index (χ2v) is 6.97. The molecule has 1 heterocycles. The first-order chi connectivity index (χ1) is 10.5. The van der Waals surface area contributed by atoms with Gasteiger partial charge < -0.3 is 10.0 Å². The maximum atomic E-state index is 12.9. The number of carbonyl (C=O) groups excluding carboxylic acids is 1. The fourth-order valence-corrected chi connectivity index (χ4v) is 3.46. The first-order valence-corrected chi connectivity index (χ1v) is 8.35. The summed E-state index contributed by atoms with van der Waals surface area (Å²) < 4.78 is 0. The maximum absolute atomic E-state index is 12.9. The van der Waals surface area contributed by atoms with E-state index in [-0.39, 0.29) is 17.4 Å². The number of carbonyl (C=O) groups is 1. The summed E-state index contributed by atoms with van der Waals surface area (Å²) in [4.78, 5) is 17.1. The summed E-state index contributed by atoms with van der Waals surface area (Å²) in [5, 5.41) is 10.2. The number of hydrogen-bond donors (Lipinski definition) is 1. The topological polar surface area (TPSA) is 43.8 Å². The lowest BCUT2D eigenvalue weighted by atomic mass is 9.94. The number of aliphatic hydroxyl groups is 1. The van der Waals surface area contributed by atoms with Gasteiger partial charge in [-0.25, -0.2) is 0 Å². The number of rotatable bonds is 4. The summed E-state index contributed by atoms with van der Waals surface area (Å²) in [7, 11) is 0. The van der Waals surface area contributed by atoms with Crippen LogP contribution in [0.4, 0.5) is 0 Å². The van der Waals surface area contributed by atoms with Gasteiger partial charge in [-0.05, 0) is 37.5 Å². The minimum absolute atomic E-state index is 0.256. The number of amides is 1. The molecular formula is C17H23ClN2O2. The third-order valence-electron chi connectivity index (χ3n) is 4.74. The van der Waals surface area contributed by atoms with Crippen molar-refractivity contribution in [2.45, 2.75) is 31.3 Å². The molecule has 1 saturated heterocycles. The highest BCUT2D eigenvalue weighted by Crippen LogP contribution is 2.49. The average Bonchev–Trinajstić information content (AvgIpc) is 3.29. The zero-order chi connectivity index (χ0) is 15.7. The van der Waals surface area contributed by atoms with E-state index in [0.717, 1.165) is 44.6 Å². The molecule has 120 valence electrons. The number of halogens is 1. The molecule has 0 spiro atoms. The number of nitrogens with zero attached hydrogens (tertiary/aromatic N) is 2. The summed E-state index contributed by atoms with van der Waals surface area (Å²) in [6.07, 6.45) is 1.55. The van der Waals surface area contributed by atoms with Crippen LogP contribution in [0.2, 0.25) is 5.02 Å². The summed E-state index contributed by atoms with van der Waals surface area (Å²) >= 11 is 5.95. The van der Waals surface area contributed by atoms with Gasteiger partial charge in [-0.3, -0.25) is 9.69 Å². The molecule has 2 fully saturated rings. The van der Waals surface area contributed by atoms with Crippen LogP contribution in [-0.4, -0.2) is 59.6 Å². The third kappa shape index (κ3) is 3.14. The lowest BCUT2D eigenvalue weighted by Gasteiger charge is -2.37. The Bertz CT molecular complexity index is 532. The van der Waals surface area contributed by atoms with E-state index in [4.69, 9.17) is 11.6 Å². The zero-order valence-electron chi connectivity index (χ0n) is 13.0. The Morgan fingerprint density at radius 2 is 1.82 bits per heavy atom. The van der Waals surface area contributed by atoms with Crippen molar-refractivity contribution in [1.82, 2.24) is 9.80 Å². The molecule has 2 aliphatic rings. The van der Waals surface area contributed by atoms with Crippen LogP contribution in [-0.2, 0) is 10.2 Å². The lowest BCUT2D eigenvalue weighted by Crippen LogP contribution is -2.52. The van der Waals surface area contributed by atoms with Gasteiger partial charge in [0.05, 0.1) is 11.5 Å². The van der Waals surface area contributed by atoms with Crippen molar-refractivity contribution in [2.75, 3.05) is 32.7 Å². The Hall–Kier alpha value is -1.10. The van der Waals surface area contributed by atoms with Gasteiger partial charge in [-0.2, -0.15) is 0 Å². The lowest BCUT2D eigenvalue weighted by molar-refractivity contribution is -0.135. The van der Waals surface area contributed by atoms with E-state index in [1.165, 1.54) is 0 Å². The largest absolute Gasteiger partial charge is 0.392 e. The fourth-order valence-electron chi connectivity index (χ4n) is 3.33. The number of piperazine rings is 1. The van der Waals surface area contributed by atoms with Gasteiger partial charge >= 0.3 is 0 Å². The Morgan fingerprint density at radius 1 is 1.23 bits per heavy atom. The van der Waals surface area contributed by atoms with Gasteiger partial charge in [-0.15, -0.1) is 0 Å². The fraction of sp³-hybridized carbons (Fsp3) is 0.588. The number of hydrogen-bond acceptors (Lipinski definition) is 3. The van der Waals surface area contributed by atoms with Crippen LogP contribution >= 0.6 is 11.6 Å². The van der Waals surface area contributed by atoms with Crippen molar-refractivity contribution in [3.05, 3.63) is 34.9 Å². The monoisotopic (exact) mass is 322 g/mol.